The third-order valence-corrected chi connectivity index (χ3v) is 3.99. The Kier molecular flexibility index (Phi) is 7.17. The van der Waals surface area contributed by atoms with Gasteiger partial charge in [0.1, 0.15) is 11.8 Å². The molecule has 1 atom stereocenters. The Hall–Kier alpha value is -3.08. The largest absolute Gasteiger partial charge is 0.497 e. The summed E-state index contributed by atoms with van der Waals surface area (Å²) in [4.78, 5) is 24.2. The van der Waals surface area contributed by atoms with Gasteiger partial charge in [-0.2, -0.15) is 5.26 Å². The van der Waals surface area contributed by atoms with E-state index in [4.69, 9.17) is 26.3 Å². The summed E-state index contributed by atoms with van der Waals surface area (Å²) in [6.07, 6.45) is -0.460. The average Bonchev–Trinajstić information content (AvgIpc) is 2.68. The van der Waals surface area contributed by atoms with Gasteiger partial charge in [0.2, 0.25) is 0 Å². The molecule has 0 aliphatic heterocycles. The van der Waals surface area contributed by atoms with Gasteiger partial charge in [0.15, 0.2) is 0 Å². The topological polar surface area (TPSA) is 100 Å². The summed E-state index contributed by atoms with van der Waals surface area (Å²) >= 11 is 5.86. The predicted octanol–water partition coefficient (Wildman–Crippen LogP) is 2.66. The van der Waals surface area contributed by atoms with Gasteiger partial charge >= 0.3 is 11.8 Å². The minimum Gasteiger partial charge on any atom is -0.497 e. The Bertz CT molecular complexity index is 879. The second-order valence-corrected chi connectivity index (χ2v) is 5.90. The number of hydrogen-bond acceptors (Lipinski definition) is 5. The van der Waals surface area contributed by atoms with Crippen molar-refractivity contribution in [2.75, 3.05) is 26.1 Å². The minimum absolute atomic E-state index is 0.0799. The van der Waals surface area contributed by atoms with Crippen LogP contribution in [0.4, 0.5) is 5.69 Å². The summed E-state index contributed by atoms with van der Waals surface area (Å²) in [5.74, 6) is -1.11. The Balaban J connectivity index is 2.00. The highest BCUT2D eigenvalue weighted by molar-refractivity contribution is 6.40. The number of carbonyl (C=O) groups is 2. The van der Waals surface area contributed by atoms with Gasteiger partial charge in [0.05, 0.1) is 24.5 Å². The Labute approximate surface area is 161 Å². The van der Waals surface area contributed by atoms with Crippen LogP contribution in [-0.2, 0) is 14.3 Å². The second kappa shape index (κ2) is 9.57. The lowest BCUT2D eigenvalue weighted by Crippen LogP contribution is -2.38. The van der Waals surface area contributed by atoms with Crippen LogP contribution < -0.4 is 15.4 Å². The van der Waals surface area contributed by atoms with Gasteiger partial charge in [0.25, 0.3) is 0 Å². The number of rotatable bonds is 6. The zero-order valence-corrected chi connectivity index (χ0v) is 15.5. The van der Waals surface area contributed by atoms with Crippen molar-refractivity contribution in [1.82, 2.24) is 5.32 Å². The number of nitrogens with one attached hydrogen (secondary N) is 2. The van der Waals surface area contributed by atoms with E-state index in [1.807, 2.05) is 12.1 Å². The van der Waals surface area contributed by atoms with Crippen LogP contribution in [0.3, 0.4) is 0 Å². The van der Waals surface area contributed by atoms with E-state index in [9.17, 15) is 9.59 Å². The van der Waals surface area contributed by atoms with Crippen molar-refractivity contribution in [3.63, 3.8) is 0 Å². The maximum Gasteiger partial charge on any atom is 0.313 e. The van der Waals surface area contributed by atoms with Gasteiger partial charge in [-0.1, -0.05) is 23.7 Å². The summed E-state index contributed by atoms with van der Waals surface area (Å²) in [7, 11) is 3.06. The molecule has 0 radical (unpaired) electrons. The molecule has 0 spiro atoms. The molecule has 7 nitrogen and oxygen atoms in total. The number of ether oxygens (including phenoxy) is 2. The van der Waals surface area contributed by atoms with E-state index in [1.165, 1.54) is 25.3 Å². The van der Waals surface area contributed by atoms with E-state index in [1.54, 1.807) is 25.3 Å². The SMILES string of the molecule is COc1cccc([C@H](CNC(=O)C(=O)Nc2cc(Cl)ccc2C#N)OC)c1. The van der Waals surface area contributed by atoms with Gasteiger partial charge in [-0.05, 0) is 35.9 Å². The van der Waals surface area contributed by atoms with E-state index in [0.29, 0.717) is 10.8 Å². The van der Waals surface area contributed by atoms with Crippen molar-refractivity contribution in [2.45, 2.75) is 6.10 Å². The molecular weight excluding hydrogens is 370 g/mol. The number of halogens is 1. The lowest BCUT2D eigenvalue weighted by atomic mass is 10.1. The highest BCUT2D eigenvalue weighted by Gasteiger charge is 2.18. The zero-order valence-electron chi connectivity index (χ0n) is 14.8. The van der Waals surface area contributed by atoms with Crippen LogP contribution in [0.1, 0.15) is 17.2 Å². The van der Waals surface area contributed by atoms with Crippen molar-refractivity contribution in [1.29, 1.82) is 5.26 Å². The number of amides is 2. The fourth-order valence-electron chi connectivity index (χ4n) is 2.34. The Morgan fingerprint density at radius 1 is 1.19 bits per heavy atom. The van der Waals surface area contributed by atoms with Gasteiger partial charge in [-0.3, -0.25) is 9.59 Å². The van der Waals surface area contributed by atoms with Crippen LogP contribution in [0, 0.1) is 11.3 Å². The first kappa shape index (κ1) is 20.2. The smallest absolute Gasteiger partial charge is 0.313 e. The lowest BCUT2D eigenvalue weighted by molar-refractivity contribution is -0.136. The first-order chi connectivity index (χ1) is 13.0. The number of carbonyl (C=O) groups excluding carboxylic acids is 2. The van der Waals surface area contributed by atoms with E-state index >= 15 is 0 Å². The monoisotopic (exact) mass is 387 g/mol. The third-order valence-electron chi connectivity index (χ3n) is 3.75. The minimum atomic E-state index is -0.908. The molecule has 0 bridgehead atoms. The third kappa shape index (κ3) is 5.45. The molecule has 0 saturated carbocycles. The zero-order chi connectivity index (χ0) is 19.8. The molecule has 27 heavy (non-hydrogen) atoms. The molecule has 140 valence electrons. The summed E-state index contributed by atoms with van der Waals surface area (Å²) in [6.45, 7) is 0.0799. The highest BCUT2D eigenvalue weighted by atomic mass is 35.5. The molecule has 0 heterocycles. The number of methoxy groups -OCH3 is 2. The van der Waals surface area contributed by atoms with Crippen molar-refractivity contribution in [3.8, 4) is 11.8 Å². The molecule has 0 saturated heterocycles. The molecule has 2 aromatic carbocycles. The molecule has 8 heteroatoms. The van der Waals surface area contributed by atoms with Crippen LogP contribution in [0.25, 0.3) is 0 Å². The van der Waals surface area contributed by atoms with E-state index in [2.05, 4.69) is 10.6 Å². The fourth-order valence-corrected chi connectivity index (χ4v) is 2.51. The molecular formula is C19H18ClN3O4. The molecule has 0 aliphatic carbocycles. The Morgan fingerprint density at radius 3 is 2.63 bits per heavy atom. The van der Waals surface area contributed by atoms with Crippen molar-refractivity contribution >= 4 is 29.1 Å². The highest BCUT2D eigenvalue weighted by Crippen LogP contribution is 2.22. The first-order valence-corrected chi connectivity index (χ1v) is 8.32. The number of benzene rings is 2. The molecule has 2 amide bonds. The van der Waals surface area contributed by atoms with E-state index in [-0.39, 0.29) is 17.8 Å². The van der Waals surface area contributed by atoms with Gasteiger partial charge in [-0.25, -0.2) is 0 Å². The quantitative estimate of drug-likeness (QED) is 0.742. The van der Waals surface area contributed by atoms with Gasteiger partial charge in [0, 0.05) is 18.7 Å². The van der Waals surface area contributed by atoms with Gasteiger partial charge in [-0.15, -0.1) is 0 Å². The summed E-state index contributed by atoms with van der Waals surface area (Å²) in [5, 5.41) is 14.3. The Morgan fingerprint density at radius 2 is 1.96 bits per heavy atom. The normalized spacial score (nSPS) is 11.2. The molecule has 2 aromatic rings. The number of anilines is 1. The number of nitrogens with zero attached hydrogens (tertiary/aromatic N) is 1. The molecule has 0 unspecified atom stereocenters. The molecule has 0 aliphatic rings. The van der Waals surface area contributed by atoms with E-state index in [0.717, 1.165) is 5.56 Å². The van der Waals surface area contributed by atoms with E-state index < -0.39 is 17.9 Å². The van der Waals surface area contributed by atoms with Crippen LogP contribution in [0.2, 0.25) is 5.02 Å². The van der Waals surface area contributed by atoms with Crippen LogP contribution in [0.5, 0.6) is 5.75 Å². The average molecular weight is 388 g/mol. The maximum atomic E-state index is 12.1. The second-order valence-electron chi connectivity index (χ2n) is 5.47. The summed E-state index contributed by atoms with van der Waals surface area (Å²) < 4.78 is 10.5. The molecule has 0 fully saturated rings. The standard InChI is InChI=1S/C19H18ClN3O4/c1-26-15-5-3-4-12(8-15)17(27-2)11-22-18(24)19(25)23-16-9-14(20)7-6-13(16)10-21/h3-9,17H,11H2,1-2H3,(H,22,24)(H,23,25)/t17-/m0/s1. The van der Waals surface area contributed by atoms with Crippen LogP contribution >= 0.6 is 11.6 Å². The summed E-state index contributed by atoms with van der Waals surface area (Å²) in [5.41, 5.74) is 1.16. The van der Waals surface area contributed by atoms with Crippen molar-refractivity contribution < 1.29 is 19.1 Å². The molecule has 2 rings (SSSR count). The van der Waals surface area contributed by atoms with Crippen molar-refractivity contribution in [2.24, 2.45) is 0 Å². The predicted molar refractivity (Wildman–Crippen MR) is 101 cm³/mol. The first-order valence-electron chi connectivity index (χ1n) is 7.94. The maximum absolute atomic E-state index is 12.1. The number of hydrogen-bond donors (Lipinski definition) is 2. The number of nitriles is 1. The van der Waals surface area contributed by atoms with Crippen molar-refractivity contribution in [3.05, 3.63) is 58.6 Å². The lowest BCUT2D eigenvalue weighted by Gasteiger charge is -2.17. The molecule has 2 N–H and O–H groups in total. The van der Waals surface area contributed by atoms with Crippen LogP contribution in [0.15, 0.2) is 42.5 Å². The molecule has 0 aromatic heterocycles. The van der Waals surface area contributed by atoms with Crippen LogP contribution in [-0.4, -0.2) is 32.6 Å². The fraction of sp³-hybridized carbons (Fsp3) is 0.211. The van der Waals surface area contributed by atoms with Gasteiger partial charge < -0.3 is 20.1 Å². The summed E-state index contributed by atoms with van der Waals surface area (Å²) in [6, 6.07) is 13.5.